The van der Waals surface area contributed by atoms with E-state index in [0.29, 0.717) is 27.1 Å². The summed E-state index contributed by atoms with van der Waals surface area (Å²) in [4.78, 5) is 0. The van der Waals surface area contributed by atoms with Crippen LogP contribution >= 0.6 is 23.2 Å². The van der Waals surface area contributed by atoms with Gasteiger partial charge in [-0.15, -0.1) is 0 Å². The second kappa shape index (κ2) is 5.71. The van der Waals surface area contributed by atoms with E-state index in [9.17, 15) is 5.11 Å². The van der Waals surface area contributed by atoms with Gasteiger partial charge in [0.25, 0.3) is 0 Å². The van der Waals surface area contributed by atoms with Crippen LogP contribution in [-0.2, 0) is 18.0 Å². The Hall–Kier alpha value is -1.07. The van der Waals surface area contributed by atoms with Crippen molar-refractivity contribution in [2.24, 2.45) is 0 Å². The lowest BCUT2D eigenvalue weighted by atomic mass is 10.2. The van der Waals surface area contributed by atoms with Crippen LogP contribution in [0, 0.1) is 0 Å². The molecule has 0 aliphatic carbocycles. The largest absolute Gasteiger partial charge is 0.391 e. The minimum absolute atomic E-state index is 0.192. The first kappa shape index (κ1) is 13.4. The summed E-state index contributed by atoms with van der Waals surface area (Å²) in [7, 11) is 1.56. The highest BCUT2D eigenvalue weighted by Crippen LogP contribution is 2.28. The van der Waals surface area contributed by atoms with Crippen molar-refractivity contribution in [1.29, 1.82) is 0 Å². The summed E-state index contributed by atoms with van der Waals surface area (Å²) in [5, 5.41) is 14.5. The van der Waals surface area contributed by atoms with Crippen LogP contribution in [0.1, 0.15) is 11.3 Å². The second-order valence-electron chi connectivity index (χ2n) is 3.67. The fourth-order valence-electron chi connectivity index (χ4n) is 1.66. The number of ether oxygens (including phenoxy) is 1. The van der Waals surface area contributed by atoms with Crippen molar-refractivity contribution in [2.75, 3.05) is 7.11 Å². The van der Waals surface area contributed by atoms with Crippen LogP contribution in [0.3, 0.4) is 0 Å². The SMILES string of the molecule is COCc1nn(-c2ccccc2Cl)c(Cl)c1CO. The molecule has 0 aliphatic heterocycles. The van der Waals surface area contributed by atoms with Crippen molar-refractivity contribution in [3.05, 3.63) is 45.7 Å². The molecule has 0 amide bonds. The molecule has 0 fully saturated rings. The zero-order valence-electron chi connectivity index (χ0n) is 9.73. The number of benzene rings is 1. The van der Waals surface area contributed by atoms with Gasteiger partial charge in [-0.3, -0.25) is 0 Å². The molecule has 1 aromatic heterocycles. The molecule has 18 heavy (non-hydrogen) atoms. The van der Waals surface area contributed by atoms with E-state index < -0.39 is 0 Å². The smallest absolute Gasteiger partial charge is 0.138 e. The van der Waals surface area contributed by atoms with Crippen molar-refractivity contribution in [2.45, 2.75) is 13.2 Å². The van der Waals surface area contributed by atoms with Crippen molar-refractivity contribution >= 4 is 23.2 Å². The molecule has 0 bridgehead atoms. The van der Waals surface area contributed by atoms with Crippen LogP contribution in [0.4, 0.5) is 0 Å². The average Bonchev–Trinajstić information content (AvgIpc) is 2.67. The molecule has 96 valence electrons. The number of hydrogen-bond acceptors (Lipinski definition) is 3. The summed E-state index contributed by atoms with van der Waals surface area (Å²) in [6.07, 6.45) is 0. The van der Waals surface area contributed by atoms with Crippen molar-refractivity contribution < 1.29 is 9.84 Å². The van der Waals surface area contributed by atoms with Crippen LogP contribution in [0.2, 0.25) is 10.2 Å². The molecule has 0 saturated carbocycles. The van der Waals surface area contributed by atoms with Crippen LogP contribution in [0.5, 0.6) is 0 Å². The van der Waals surface area contributed by atoms with Crippen molar-refractivity contribution in [1.82, 2.24) is 9.78 Å². The van der Waals surface area contributed by atoms with Gasteiger partial charge in [0.1, 0.15) is 5.15 Å². The Balaban J connectivity index is 2.55. The average molecular weight is 287 g/mol. The van der Waals surface area contributed by atoms with Gasteiger partial charge in [-0.1, -0.05) is 35.3 Å². The highest BCUT2D eigenvalue weighted by Gasteiger charge is 2.17. The minimum atomic E-state index is -0.192. The fraction of sp³-hybridized carbons (Fsp3) is 0.250. The van der Waals surface area contributed by atoms with E-state index in [1.165, 1.54) is 4.68 Å². The van der Waals surface area contributed by atoms with E-state index in [2.05, 4.69) is 5.10 Å². The predicted molar refractivity (Wildman–Crippen MR) is 70.2 cm³/mol. The maximum atomic E-state index is 9.33. The number of methoxy groups -OCH3 is 1. The maximum absolute atomic E-state index is 9.33. The van der Waals surface area contributed by atoms with Gasteiger partial charge >= 0.3 is 0 Å². The van der Waals surface area contributed by atoms with Gasteiger partial charge in [0.15, 0.2) is 0 Å². The summed E-state index contributed by atoms with van der Waals surface area (Å²) in [6.45, 7) is 0.0923. The first-order valence-electron chi connectivity index (χ1n) is 5.30. The molecule has 2 rings (SSSR count). The molecule has 1 N–H and O–H groups in total. The molecule has 1 heterocycles. The number of nitrogens with zero attached hydrogens (tertiary/aromatic N) is 2. The van der Waals surface area contributed by atoms with E-state index in [1.807, 2.05) is 12.1 Å². The number of aliphatic hydroxyl groups excluding tert-OH is 1. The van der Waals surface area contributed by atoms with E-state index in [1.54, 1.807) is 19.2 Å². The monoisotopic (exact) mass is 286 g/mol. The van der Waals surface area contributed by atoms with Gasteiger partial charge in [0.05, 0.1) is 29.6 Å². The second-order valence-corrected chi connectivity index (χ2v) is 4.44. The molecule has 0 spiro atoms. The Morgan fingerprint density at radius 3 is 2.67 bits per heavy atom. The number of aliphatic hydroxyl groups is 1. The minimum Gasteiger partial charge on any atom is -0.391 e. The highest BCUT2D eigenvalue weighted by atomic mass is 35.5. The van der Waals surface area contributed by atoms with E-state index >= 15 is 0 Å². The molecule has 4 nitrogen and oxygen atoms in total. The molecule has 0 atom stereocenters. The molecular formula is C12H12Cl2N2O2. The lowest BCUT2D eigenvalue weighted by molar-refractivity contribution is 0.178. The quantitative estimate of drug-likeness (QED) is 0.940. The molecule has 1 aromatic carbocycles. The maximum Gasteiger partial charge on any atom is 0.138 e. The zero-order chi connectivity index (χ0) is 13.1. The first-order valence-corrected chi connectivity index (χ1v) is 6.05. The third kappa shape index (κ3) is 2.37. The Labute approximate surface area is 115 Å². The topological polar surface area (TPSA) is 47.3 Å². The van der Waals surface area contributed by atoms with Crippen molar-refractivity contribution in [3.8, 4) is 5.69 Å². The van der Waals surface area contributed by atoms with Crippen LogP contribution in [0.15, 0.2) is 24.3 Å². The van der Waals surface area contributed by atoms with Crippen molar-refractivity contribution in [3.63, 3.8) is 0 Å². The zero-order valence-corrected chi connectivity index (χ0v) is 11.2. The summed E-state index contributed by atoms with van der Waals surface area (Å²) >= 11 is 12.3. The fourth-order valence-corrected chi connectivity index (χ4v) is 2.18. The Morgan fingerprint density at radius 2 is 2.06 bits per heavy atom. The lowest BCUT2D eigenvalue weighted by Gasteiger charge is -2.05. The van der Waals surface area contributed by atoms with E-state index in [0.717, 1.165) is 0 Å². The number of halogens is 2. The Morgan fingerprint density at radius 1 is 1.33 bits per heavy atom. The molecule has 0 saturated heterocycles. The van der Waals surface area contributed by atoms with Crippen LogP contribution in [-0.4, -0.2) is 22.0 Å². The summed E-state index contributed by atoms with van der Waals surface area (Å²) in [5.41, 5.74) is 1.82. The van der Waals surface area contributed by atoms with Crippen LogP contribution in [0.25, 0.3) is 5.69 Å². The third-order valence-corrected chi connectivity index (χ3v) is 3.23. The molecule has 0 radical (unpaired) electrons. The van der Waals surface area contributed by atoms with E-state index in [-0.39, 0.29) is 13.2 Å². The lowest BCUT2D eigenvalue weighted by Crippen LogP contribution is -1.98. The number of rotatable bonds is 4. The first-order chi connectivity index (χ1) is 8.69. The molecule has 0 unspecified atom stereocenters. The van der Waals surface area contributed by atoms with Crippen LogP contribution < -0.4 is 0 Å². The standard InChI is InChI=1S/C12H12Cl2N2O2/c1-18-7-10-8(6-17)12(14)16(15-10)11-5-3-2-4-9(11)13/h2-5,17H,6-7H2,1H3. The van der Waals surface area contributed by atoms with Gasteiger partial charge in [-0.05, 0) is 12.1 Å². The molecule has 6 heteroatoms. The van der Waals surface area contributed by atoms with E-state index in [4.69, 9.17) is 27.9 Å². The van der Waals surface area contributed by atoms with Gasteiger partial charge in [0.2, 0.25) is 0 Å². The van der Waals surface area contributed by atoms with Gasteiger partial charge in [-0.25, -0.2) is 4.68 Å². The number of hydrogen-bond donors (Lipinski definition) is 1. The molecule has 0 aliphatic rings. The number of para-hydroxylation sites is 1. The number of aromatic nitrogens is 2. The Bertz CT molecular complexity index is 555. The third-order valence-electron chi connectivity index (χ3n) is 2.52. The van der Waals surface area contributed by atoms with Gasteiger partial charge in [0, 0.05) is 12.7 Å². The predicted octanol–water partition coefficient (Wildman–Crippen LogP) is 2.82. The summed E-state index contributed by atoms with van der Waals surface area (Å²) in [6, 6.07) is 7.22. The normalized spacial score (nSPS) is 10.9. The summed E-state index contributed by atoms with van der Waals surface area (Å²) in [5.74, 6) is 0. The van der Waals surface area contributed by atoms with Gasteiger partial charge < -0.3 is 9.84 Å². The molecular weight excluding hydrogens is 275 g/mol. The highest BCUT2D eigenvalue weighted by molar-refractivity contribution is 6.33. The molecule has 2 aromatic rings. The summed E-state index contributed by atoms with van der Waals surface area (Å²) < 4.78 is 6.53. The van der Waals surface area contributed by atoms with Gasteiger partial charge in [-0.2, -0.15) is 5.10 Å². The Kier molecular flexibility index (Phi) is 4.24.